The van der Waals surface area contributed by atoms with Crippen LogP contribution in [0.5, 0.6) is 5.75 Å². The van der Waals surface area contributed by atoms with Crippen molar-refractivity contribution >= 4 is 22.6 Å². The summed E-state index contributed by atoms with van der Waals surface area (Å²) in [5.74, 6) is 0.767. The van der Waals surface area contributed by atoms with Gasteiger partial charge in [0.2, 0.25) is 0 Å². The van der Waals surface area contributed by atoms with Crippen molar-refractivity contribution in [3.63, 3.8) is 0 Å². The van der Waals surface area contributed by atoms with Crippen LogP contribution in [-0.4, -0.2) is 28.6 Å². The van der Waals surface area contributed by atoms with Crippen LogP contribution in [0.1, 0.15) is 23.7 Å². The molecular formula is C23H25N3O3. The highest BCUT2D eigenvalue weighted by atomic mass is 16.5. The van der Waals surface area contributed by atoms with Gasteiger partial charge in [-0.05, 0) is 50.2 Å². The van der Waals surface area contributed by atoms with E-state index in [4.69, 9.17) is 4.74 Å². The summed E-state index contributed by atoms with van der Waals surface area (Å²) in [5, 5.41) is 3.62. The number of pyridine rings is 1. The molecule has 150 valence electrons. The number of amides is 2. The molecule has 1 aliphatic heterocycles. The van der Waals surface area contributed by atoms with Gasteiger partial charge in [0.05, 0.1) is 18.7 Å². The lowest BCUT2D eigenvalue weighted by molar-refractivity contribution is 0.205. The molecule has 1 N–H and O–H groups in total. The van der Waals surface area contributed by atoms with Crippen LogP contribution in [0.3, 0.4) is 0 Å². The summed E-state index contributed by atoms with van der Waals surface area (Å²) >= 11 is 0. The van der Waals surface area contributed by atoms with Crippen molar-refractivity contribution in [2.24, 2.45) is 7.05 Å². The Morgan fingerprint density at radius 1 is 1.17 bits per heavy atom. The van der Waals surface area contributed by atoms with Crippen molar-refractivity contribution in [3.05, 3.63) is 69.5 Å². The minimum absolute atomic E-state index is 0.0235. The molecule has 0 radical (unpaired) electrons. The summed E-state index contributed by atoms with van der Waals surface area (Å²) in [6, 6.07) is 13.0. The Bertz CT molecular complexity index is 1130. The number of urea groups is 1. The minimum Gasteiger partial charge on any atom is -0.494 e. The number of hydrogen-bond donors (Lipinski definition) is 1. The molecule has 1 aromatic heterocycles. The molecule has 1 aliphatic rings. The predicted molar refractivity (Wildman–Crippen MR) is 115 cm³/mol. The van der Waals surface area contributed by atoms with Gasteiger partial charge in [-0.1, -0.05) is 11.6 Å². The number of rotatable bonds is 3. The zero-order valence-corrected chi connectivity index (χ0v) is 17.0. The van der Waals surface area contributed by atoms with Crippen molar-refractivity contribution in [1.29, 1.82) is 0 Å². The smallest absolute Gasteiger partial charge is 0.322 e. The van der Waals surface area contributed by atoms with Gasteiger partial charge in [-0.15, -0.1) is 0 Å². The van der Waals surface area contributed by atoms with E-state index in [-0.39, 0.29) is 11.5 Å². The Morgan fingerprint density at radius 2 is 1.93 bits per heavy atom. The molecular weight excluding hydrogens is 366 g/mol. The third-order valence-corrected chi connectivity index (χ3v) is 5.46. The number of anilines is 1. The van der Waals surface area contributed by atoms with E-state index in [0.29, 0.717) is 42.8 Å². The Balaban J connectivity index is 1.58. The van der Waals surface area contributed by atoms with Crippen LogP contribution in [0.2, 0.25) is 0 Å². The Morgan fingerprint density at radius 3 is 2.66 bits per heavy atom. The lowest BCUT2D eigenvalue weighted by atomic mass is 10.0. The van der Waals surface area contributed by atoms with Gasteiger partial charge in [0.1, 0.15) is 5.75 Å². The maximum absolute atomic E-state index is 13.1. The van der Waals surface area contributed by atoms with Crippen molar-refractivity contribution in [1.82, 2.24) is 9.47 Å². The summed E-state index contributed by atoms with van der Waals surface area (Å²) in [5.41, 5.74) is 4.43. The average molecular weight is 391 g/mol. The van der Waals surface area contributed by atoms with E-state index in [1.807, 2.05) is 63.4 Å². The van der Waals surface area contributed by atoms with Gasteiger partial charge in [-0.3, -0.25) is 4.79 Å². The van der Waals surface area contributed by atoms with E-state index < -0.39 is 0 Å². The van der Waals surface area contributed by atoms with Crippen LogP contribution in [0.15, 0.2) is 47.3 Å². The molecule has 6 nitrogen and oxygen atoms in total. The summed E-state index contributed by atoms with van der Waals surface area (Å²) in [6.45, 7) is 5.39. The molecule has 0 saturated carbocycles. The third kappa shape index (κ3) is 3.58. The van der Waals surface area contributed by atoms with Crippen molar-refractivity contribution in [2.45, 2.75) is 26.8 Å². The van der Waals surface area contributed by atoms with E-state index in [9.17, 15) is 9.59 Å². The fourth-order valence-electron chi connectivity index (χ4n) is 3.94. The summed E-state index contributed by atoms with van der Waals surface area (Å²) in [4.78, 5) is 27.6. The third-order valence-electron chi connectivity index (χ3n) is 5.46. The Labute approximate surface area is 169 Å². The van der Waals surface area contributed by atoms with Crippen molar-refractivity contribution in [2.75, 3.05) is 18.5 Å². The highest BCUT2D eigenvalue weighted by Gasteiger charge is 2.25. The predicted octanol–water partition coefficient (Wildman–Crippen LogP) is 3.84. The maximum atomic E-state index is 13.1. The van der Waals surface area contributed by atoms with Crippen molar-refractivity contribution < 1.29 is 9.53 Å². The van der Waals surface area contributed by atoms with E-state index in [2.05, 4.69) is 9.88 Å². The van der Waals surface area contributed by atoms with E-state index in [1.54, 1.807) is 4.90 Å². The molecule has 29 heavy (non-hydrogen) atoms. The molecule has 0 atom stereocenters. The minimum atomic E-state index is -0.203. The molecule has 0 fully saturated rings. The number of nitrogens with one attached hydrogen (secondary N) is 1. The van der Waals surface area contributed by atoms with Gasteiger partial charge >= 0.3 is 6.03 Å². The number of fused-ring (bicyclic) bond motifs is 2. The van der Waals surface area contributed by atoms with Crippen molar-refractivity contribution in [3.8, 4) is 5.75 Å². The van der Waals surface area contributed by atoms with Crippen LogP contribution in [0.25, 0.3) is 10.9 Å². The molecule has 3 aromatic rings. The number of nitrogens with zero attached hydrogens (tertiary/aromatic N) is 2. The first-order chi connectivity index (χ1) is 14.0. The highest BCUT2D eigenvalue weighted by molar-refractivity contribution is 5.89. The lowest BCUT2D eigenvalue weighted by Crippen LogP contribution is -2.42. The Hall–Kier alpha value is -3.28. The van der Waals surface area contributed by atoms with Crippen LogP contribution in [0.4, 0.5) is 10.5 Å². The molecule has 6 heteroatoms. The fourth-order valence-corrected chi connectivity index (χ4v) is 3.94. The first-order valence-corrected chi connectivity index (χ1v) is 9.88. The van der Waals surface area contributed by atoms with E-state index in [1.165, 1.54) is 0 Å². The second-order valence-electron chi connectivity index (χ2n) is 7.39. The number of carbonyl (C=O) groups excluding carboxylic acids is 1. The highest BCUT2D eigenvalue weighted by Crippen LogP contribution is 2.23. The molecule has 2 amide bonds. The largest absolute Gasteiger partial charge is 0.494 e. The molecule has 0 aliphatic carbocycles. The number of ether oxygens (including phenoxy) is 1. The number of carbonyl (C=O) groups is 1. The topological polar surface area (TPSA) is 63.6 Å². The monoisotopic (exact) mass is 391 g/mol. The SMILES string of the molecule is CCOc1ccc(NC(=O)N2CCc3c(c(=O)c4cc(C)ccc4n3C)C2)cc1. The van der Waals surface area contributed by atoms with Gasteiger partial charge in [0.25, 0.3) is 0 Å². The van der Waals surface area contributed by atoms with Crippen LogP contribution in [0, 0.1) is 6.92 Å². The van der Waals surface area contributed by atoms with Crippen LogP contribution >= 0.6 is 0 Å². The van der Waals surface area contributed by atoms with E-state index >= 15 is 0 Å². The molecule has 0 unspecified atom stereocenters. The van der Waals surface area contributed by atoms with Crippen LogP contribution < -0.4 is 15.5 Å². The normalized spacial score (nSPS) is 13.3. The van der Waals surface area contributed by atoms with Gasteiger partial charge < -0.3 is 19.5 Å². The van der Waals surface area contributed by atoms with Crippen LogP contribution in [-0.2, 0) is 20.0 Å². The average Bonchev–Trinajstić information content (AvgIpc) is 2.73. The first-order valence-electron chi connectivity index (χ1n) is 9.88. The molecule has 2 heterocycles. The summed E-state index contributed by atoms with van der Waals surface area (Å²) in [7, 11) is 1.99. The quantitative estimate of drug-likeness (QED) is 0.738. The number of aromatic nitrogens is 1. The van der Waals surface area contributed by atoms with Gasteiger partial charge in [0.15, 0.2) is 5.43 Å². The zero-order chi connectivity index (χ0) is 20.5. The second-order valence-corrected chi connectivity index (χ2v) is 7.39. The second kappa shape index (κ2) is 7.62. The van der Waals surface area contributed by atoms with E-state index in [0.717, 1.165) is 22.5 Å². The van der Waals surface area contributed by atoms with Gasteiger partial charge in [0, 0.05) is 42.3 Å². The summed E-state index contributed by atoms with van der Waals surface area (Å²) in [6.07, 6.45) is 0.654. The lowest BCUT2D eigenvalue weighted by Gasteiger charge is -2.30. The standard InChI is InChI=1S/C23H25N3O3/c1-4-29-17-8-6-16(7-9-17)24-23(28)26-12-11-21-19(14-26)22(27)18-13-15(2)5-10-20(18)25(21)3/h5-10,13H,4,11-12,14H2,1-3H3,(H,24,28). The molecule has 0 bridgehead atoms. The first kappa shape index (κ1) is 19.1. The molecule has 4 rings (SSSR count). The van der Waals surface area contributed by atoms with Gasteiger partial charge in [-0.25, -0.2) is 4.79 Å². The maximum Gasteiger partial charge on any atom is 0.322 e. The Kier molecular flexibility index (Phi) is 5.01. The number of benzene rings is 2. The number of hydrogen-bond acceptors (Lipinski definition) is 3. The molecule has 0 saturated heterocycles. The summed E-state index contributed by atoms with van der Waals surface area (Å²) < 4.78 is 7.52. The number of aryl methyl sites for hydroxylation is 2. The van der Waals surface area contributed by atoms with Gasteiger partial charge in [-0.2, -0.15) is 0 Å². The molecule has 0 spiro atoms. The fraction of sp³-hybridized carbons (Fsp3) is 0.304. The zero-order valence-electron chi connectivity index (χ0n) is 17.0. The molecule has 2 aromatic carbocycles.